The van der Waals surface area contributed by atoms with Gasteiger partial charge in [-0.05, 0) is 49.7 Å². The number of alkyl halides is 3. The molecule has 2 heterocycles. The van der Waals surface area contributed by atoms with E-state index in [1.165, 1.54) is 35.3 Å². The van der Waals surface area contributed by atoms with Gasteiger partial charge < -0.3 is 14.7 Å². The molecule has 0 bridgehead atoms. The second-order valence-corrected chi connectivity index (χ2v) is 9.31. The van der Waals surface area contributed by atoms with Crippen molar-refractivity contribution in [2.45, 2.75) is 32.6 Å². The molecule has 0 spiro atoms. The van der Waals surface area contributed by atoms with Crippen LogP contribution in [0.4, 0.5) is 23.2 Å². The highest BCUT2D eigenvalue weighted by atomic mass is 35.5. The number of benzene rings is 2. The van der Waals surface area contributed by atoms with Crippen molar-refractivity contribution in [3.05, 3.63) is 100 Å². The van der Waals surface area contributed by atoms with Gasteiger partial charge in [-0.1, -0.05) is 17.7 Å². The Morgan fingerprint density at radius 2 is 1.88 bits per heavy atom. The molecule has 0 saturated heterocycles. The van der Waals surface area contributed by atoms with Gasteiger partial charge in [-0.15, -0.1) is 0 Å². The van der Waals surface area contributed by atoms with Gasteiger partial charge in [-0.3, -0.25) is 9.48 Å². The second kappa shape index (κ2) is 11.3. The third-order valence-corrected chi connectivity index (χ3v) is 5.92. The quantitative estimate of drug-likeness (QED) is 0.235. The first-order chi connectivity index (χ1) is 18.8. The van der Waals surface area contributed by atoms with Crippen LogP contribution in [0.3, 0.4) is 0 Å². The van der Waals surface area contributed by atoms with Crippen molar-refractivity contribution in [3.63, 3.8) is 0 Å². The lowest BCUT2D eigenvalue weighted by Gasteiger charge is -2.28. The van der Waals surface area contributed by atoms with Gasteiger partial charge in [0.25, 0.3) is 5.91 Å². The molecule has 0 aliphatic carbocycles. The fourth-order valence-electron chi connectivity index (χ4n) is 3.93. The van der Waals surface area contributed by atoms with E-state index in [2.05, 4.69) is 10.1 Å². The molecule has 0 radical (unpaired) electrons. The summed E-state index contributed by atoms with van der Waals surface area (Å²) < 4.78 is 63.7. The molecular weight excluding hydrogens is 556 g/mol. The van der Waals surface area contributed by atoms with Gasteiger partial charge in [0.1, 0.15) is 11.4 Å². The third-order valence-electron chi connectivity index (χ3n) is 5.69. The summed E-state index contributed by atoms with van der Waals surface area (Å²) in [7, 11) is 0. The van der Waals surface area contributed by atoms with Crippen molar-refractivity contribution in [1.82, 2.24) is 14.8 Å². The Bertz CT molecular complexity index is 1540. The van der Waals surface area contributed by atoms with Crippen LogP contribution in [0.25, 0.3) is 0 Å². The average molecular weight is 577 g/mol. The molecule has 40 heavy (non-hydrogen) atoms. The number of ether oxygens (including phenoxy) is 1. The fraction of sp³-hybridized carbons (Fsp3) is 0.185. The number of rotatable bonds is 8. The summed E-state index contributed by atoms with van der Waals surface area (Å²) in [5.41, 5.74) is -1.92. The minimum atomic E-state index is -4.87. The molecule has 0 atom stereocenters. The Labute approximate surface area is 230 Å². The largest absolute Gasteiger partial charge is 0.478 e. The number of aromatic nitrogens is 3. The van der Waals surface area contributed by atoms with Crippen LogP contribution in [0.2, 0.25) is 5.02 Å². The molecule has 1 amide bonds. The summed E-state index contributed by atoms with van der Waals surface area (Å²) in [6.07, 6.45) is -0.583. The monoisotopic (exact) mass is 576 g/mol. The molecule has 0 fully saturated rings. The van der Waals surface area contributed by atoms with Gasteiger partial charge in [-0.2, -0.15) is 18.3 Å². The summed E-state index contributed by atoms with van der Waals surface area (Å²) in [6, 6.07) is 8.38. The van der Waals surface area contributed by atoms with E-state index in [0.717, 1.165) is 29.2 Å². The molecule has 208 valence electrons. The molecule has 8 nitrogen and oxygen atoms in total. The fourth-order valence-corrected chi connectivity index (χ4v) is 4.04. The van der Waals surface area contributed by atoms with Gasteiger partial charge in [0.05, 0.1) is 28.4 Å². The SMILES string of the molecule is CC(C)N(C(=O)c1ccc(Cl)cn1)c1cc(F)c(Oc2ccc(Cn3cccn3)cc2C(F)(F)F)cc1C(=O)O. The number of halogens is 5. The van der Waals surface area contributed by atoms with Crippen LogP contribution >= 0.6 is 11.6 Å². The number of carbonyl (C=O) groups excluding carboxylic acids is 1. The van der Waals surface area contributed by atoms with E-state index >= 15 is 4.39 Å². The number of pyridine rings is 1. The van der Waals surface area contributed by atoms with Gasteiger partial charge in [0, 0.05) is 36.8 Å². The molecule has 13 heteroatoms. The lowest BCUT2D eigenvalue weighted by atomic mass is 10.1. The third kappa shape index (κ3) is 6.23. The maximum Gasteiger partial charge on any atom is 0.419 e. The number of carboxylic acids is 1. The van der Waals surface area contributed by atoms with Gasteiger partial charge >= 0.3 is 12.1 Å². The van der Waals surface area contributed by atoms with Crippen LogP contribution in [0, 0.1) is 5.82 Å². The molecule has 0 unspecified atom stereocenters. The van der Waals surface area contributed by atoms with Gasteiger partial charge in [0.2, 0.25) is 0 Å². The molecule has 2 aromatic heterocycles. The van der Waals surface area contributed by atoms with Crippen molar-refractivity contribution in [1.29, 1.82) is 0 Å². The first-order valence-electron chi connectivity index (χ1n) is 11.7. The average Bonchev–Trinajstić information content (AvgIpc) is 3.39. The Hall–Kier alpha value is -4.45. The number of aromatic carboxylic acids is 1. The van der Waals surface area contributed by atoms with E-state index in [1.54, 1.807) is 26.1 Å². The highest BCUT2D eigenvalue weighted by Crippen LogP contribution is 2.40. The predicted molar refractivity (Wildman–Crippen MR) is 137 cm³/mol. The molecule has 1 N–H and O–H groups in total. The Morgan fingerprint density at radius 3 is 2.45 bits per heavy atom. The van der Waals surface area contributed by atoms with Crippen LogP contribution in [0.1, 0.15) is 45.8 Å². The minimum absolute atomic E-state index is 0.0458. The van der Waals surface area contributed by atoms with E-state index < -0.39 is 52.5 Å². The van der Waals surface area contributed by atoms with Crippen molar-refractivity contribution in [2.24, 2.45) is 0 Å². The van der Waals surface area contributed by atoms with Gasteiger partial charge in [-0.25, -0.2) is 14.2 Å². The van der Waals surface area contributed by atoms with Crippen molar-refractivity contribution in [3.8, 4) is 11.5 Å². The summed E-state index contributed by atoms with van der Waals surface area (Å²) >= 11 is 5.82. The molecule has 4 aromatic rings. The highest BCUT2D eigenvalue weighted by Gasteiger charge is 2.36. The topological polar surface area (TPSA) is 97.6 Å². The molecular formula is C27H21ClF4N4O4. The number of carbonyl (C=O) groups is 2. The number of hydrogen-bond donors (Lipinski definition) is 1. The molecule has 0 aliphatic rings. The zero-order valence-electron chi connectivity index (χ0n) is 21.0. The summed E-state index contributed by atoms with van der Waals surface area (Å²) in [5.74, 6) is -4.99. The molecule has 2 aromatic carbocycles. The first kappa shape index (κ1) is 28.6. The Morgan fingerprint density at radius 1 is 1.12 bits per heavy atom. The number of amides is 1. The van der Waals surface area contributed by atoms with Crippen molar-refractivity contribution in [2.75, 3.05) is 4.90 Å². The molecule has 0 aliphatic heterocycles. The summed E-state index contributed by atoms with van der Waals surface area (Å²) in [6.45, 7) is 3.19. The Kier molecular flexibility index (Phi) is 8.10. The van der Waals surface area contributed by atoms with Crippen molar-refractivity contribution >= 4 is 29.2 Å². The summed E-state index contributed by atoms with van der Waals surface area (Å²) in [4.78, 5) is 30.3. The van der Waals surface area contributed by atoms with Crippen LogP contribution in [-0.4, -0.2) is 37.8 Å². The molecule has 4 rings (SSSR count). The normalized spacial score (nSPS) is 11.5. The Balaban J connectivity index is 1.74. The maximum atomic E-state index is 15.3. The van der Waals surface area contributed by atoms with Crippen LogP contribution in [0.5, 0.6) is 11.5 Å². The second-order valence-electron chi connectivity index (χ2n) is 8.87. The van der Waals surface area contributed by atoms with E-state index in [9.17, 15) is 27.9 Å². The first-order valence-corrected chi connectivity index (χ1v) is 12.1. The van der Waals surface area contributed by atoms with Gasteiger partial charge in [0.15, 0.2) is 11.6 Å². The number of anilines is 1. The van der Waals surface area contributed by atoms with Crippen LogP contribution < -0.4 is 9.64 Å². The van der Waals surface area contributed by atoms with E-state index in [4.69, 9.17) is 16.3 Å². The van der Waals surface area contributed by atoms with E-state index in [0.29, 0.717) is 0 Å². The minimum Gasteiger partial charge on any atom is -0.478 e. The van der Waals surface area contributed by atoms with E-state index in [-0.39, 0.29) is 28.5 Å². The molecule has 0 saturated carbocycles. The lowest BCUT2D eigenvalue weighted by molar-refractivity contribution is -0.138. The smallest absolute Gasteiger partial charge is 0.419 e. The lowest BCUT2D eigenvalue weighted by Crippen LogP contribution is -2.38. The van der Waals surface area contributed by atoms with Crippen LogP contribution in [-0.2, 0) is 12.7 Å². The van der Waals surface area contributed by atoms with E-state index in [1.807, 2.05) is 0 Å². The predicted octanol–water partition coefficient (Wildman–Crippen LogP) is 6.68. The standard InChI is InChI=1S/C27H21ClF4N4O4/c1-15(2)36(25(37)21-6-5-17(28)13-33-21)22-12-20(29)24(11-18(22)26(38)39)40-23-7-4-16(10-19(23)27(30,31)32)14-35-9-3-8-34-35/h3-13,15H,14H2,1-2H3,(H,38,39). The summed E-state index contributed by atoms with van der Waals surface area (Å²) in [5, 5.41) is 14.1. The number of carboxylic acid groups (broad SMARTS) is 1. The van der Waals surface area contributed by atoms with Crippen LogP contribution in [0.15, 0.2) is 67.1 Å². The number of hydrogen-bond acceptors (Lipinski definition) is 5. The zero-order valence-corrected chi connectivity index (χ0v) is 21.7. The maximum absolute atomic E-state index is 15.3. The highest BCUT2D eigenvalue weighted by molar-refractivity contribution is 6.30. The number of nitrogens with zero attached hydrogens (tertiary/aromatic N) is 4. The van der Waals surface area contributed by atoms with Crippen molar-refractivity contribution < 1.29 is 37.0 Å². The zero-order chi connectivity index (χ0) is 29.2.